The fourth-order valence-corrected chi connectivity index (χ4v) is 2.30. The van der Waals surface area contributed by atoms with E-state index in [9.17, 15) is 0 Å². The van der Waals surface area contributed by atoms with Gasteiger partial charge in [-0.25, -0.2) is 4.98 Å². The summed E-state index contributed by atoms with van der Waals surface area (Å²) in [6.07, 6.45) is 0. The van der Waals surface area contributed by atoms with Crippen molar-refractivity contribution in [3.63, 3.8) is 0 Å². The molecule has 0 aliphatic carbocycles. The Balaban J connectivity index is 2.96. The largest absolute Gasteiger partial charge is 0.349 e. The smallest absolute Gasteiger partial charge is 0.185 e. The molecule has 0 bridgehead atoms. The number of thiazole rings is 1. The lowest BCUT2D eigenvalue weighted by molar-refractivity contribution is 0.750. The van der Waals surface area contributed by atoms with Crippen LogP contribution in [0.25, 0.3) is 0 Å². The summed E-state index contributed by atoms with van der Waals surface area (Å²) in [5, 5.41) is 1.06. The standard InChI is InChI=1S/C10H19N3S/c1-6(2)13(5)10-12-8(4)9(14-10)7(3)11/h6-7H,11H2,1-5H3. The van der Waals surface area contributed by atoms with E-state index < -0.39 is 0 Å². The third-order valence-corrected chi connectivity index (χ3v) is 3.76. The Morgan fingerprint density at radius 1 is 1.36 bits per heavy atom. The van der Waals surface area contributed by atoms with Crippen LogP contribution in [0.2, 0.25) is 0 Å². The van der Waals surface area contributed by atoms with Crippen LogP contribution < -0.4 is 10.6 Å². The summed E-state index contributed by atoms with van der Waals surface area (Å²) in [6.45, 7) is 8.33. The molecule has 80 valence electrons. The zero-order chi connectivity index (χ0) is 10.9. The van der Waals surface area contributed by atoms with Gasteiger partial charge >= 0.3 is 0 Å². The molecule has 4 heteroatoms. The van der Waals surface area contributed by atoms with Gasteiger partial charge in [0.2, 0.25) is 0 Å². The quantitative estimate of drug-likeness (QED) is 0.838. The lowest BCUT2D eigenvalue weighted by atomic mass is 10.2. The van der Waals surface area contributed by atoms with Crippen molar-refractivity contribution in [1.29, 1.82) is 0 Å². The van der Waals surface area contributed by atoms with E-state index in [-0.39, 0.29) is 6.04 Å². The Morgan fingerprint density at radius 2 is 1.93 bits per heavy atom. The molecule has 0 spiro atoms. The van der Waals surface area contributed by atoms with Gasteiger partial charge in [0.15, 0.2) is 5.13 Å². The molecule has 0 aliphatic heterocycles. The second-order valence-corrected chi connectivity index (χ2v) is 4.95. The number of rotatable bonds is 3. The number of anilines is 1. The minimum absolute atomic E-state index is 0.0850. The molecule has 2 N–H and O–H groups in total. The highest BCUT2D eigenvalue weighted by Gasteiger charge is 2.14. The summed E-state index contributed by atoms with van der Waals surface area (Å²) in [5.74, 6) is 0. The molecule has 3 nitrogen and oxygen atoms in total. The van der Waals surface area contributed by atoms with Crippen molar-refractivity contribution in [2.24, 2.45) is 5.73 Å². The predicted octanol–water partition coefficient (Wildman–Crippen LogP) is 2.32. The predicted molar refractivity (Wildman–Crippen MR) is 63.0 cm³/mol. The van der Waals surface area contributed by atoms with Gasteiger partial charge < -0.3 is 10.6 Å². The number of aromatic nitrogens is 1. The van der Waals surface area contributed by atoms with Crippen LogP contribution in [0, 0.1) is 6.92 Å². The van der Waals surface area contributed by atoms with Crippen molar-refractivity contribution >= 4 is 16.5 Å². The highest BCUT2D eigenvalue weighted by molar-refractivity contribution is 7.15. The van der Waals surface area contributed by atoms with E-state index in [2.05, 4.69) is 30.8 Å². The lowest BCUT2D eigenvalue weighted by Crippen LogP contribution is -2.25. The maximum atomic E-state index is 5.86. The molecular formula is C10H19N3S. The monoisotopic (exact) mass is 213 g/mol. The van der Waals surface area contributed by atoms with Crippen molar-refractivity contribution < 1.29 is 0 Å². The van der Waals surface area contributed by atoms with Gasteiger partial charge in [-0.1, -0.05) is 0 Å². The number of nitrogens with two attached hydrogens (primary N) is 1. The number of hydrogen-bond donors (Lipinski definition) is 1. The molecule has 1 heterocycles. The maximum absolute atomic E-state index is 5.86. The minimum Gasteiger partial charge on any atom is -0.349 e. The van der Waals surface area contributed by atoms with Crippen molar-refractivity contribution in [3.05, 3.63) is 10.6 Å². The molecule has 0 saturated heterocycles. The van der Waals surface area contributed by atoms with E-state index >= 15 is 0 Å². The molecule has 1 aromatic rings. The SMILES string of the molecule is Cc1nc(N(C)C(C)C)sc1C(C)N. The fourth-order valence-electron chi connectivity index (χ4n) is 1.19. The van der Waals surface area contributed by atoms with E-state index in [0.717, 1.165) is 10.8 Å². The fraction of sp³-hybridized carbons (Fsp3) is 0.700. The number of nitrogens with zero attached hydrogens (tertiary/aromatic N) is 2. The van der Waals surface area contributed by atoms with Gasteiger partial charge in [-0.15, -0.1) is 11.3 Å². The minimum atomic E-state index is 0.0850. The van der Waals surface area contributed by atoms with Gasteiger partial charge in [-0.2, -0.15) is 0 Å². The van der Waals surface area contributed by atoms with E-state index in [1.807, 2.05) is 13.8 Å². The average Bonchev–Trinajstić information content (AvgIpc) is 2.45. The first-order valence-electron chi connectivity index (χ1n) is 4.89. The first kappa shape index (κ1) is 11.5. The summed E-state index contributed by atoms with van der Waals surface area (Å²) >= 11 is 1.69. The van der Waals surface area contributed by atoms with Crippen LogP contribution in [0.5, 0.6) is 0 Å². The Kier molecular flexibility index (Phi) is 3.50. The van der Waals surface area contributed by atoms with Gasteiger partial charge in [0.1, 0.15) is 0 Å². The highest BCUT2D eigenvalue weighted by Crippen LogP contribution is 2.29. The van der Waals surface area contributed by atoms with E-state index in [1.54, 1.807) is 11.3 Å². The van der Waals surface area contributed by atoms with Gasteiger partial charge in [-0.3, -0.25) is 0 Å². The summed E-state index contributed by atoms with van der Waals surface area (Å²) in [4.78, 5) is 7.88. The van der Waals surface area contributed by atoms with Crippen molar-refractivity contribution in [2.45, 2.75) is 39.8 Å². The molecule has 0 aliphatic rings. The van der Waals surface area contributed by atoms with Gasteiger partial charge in [0.05, 0.1) is 5.69 Å². The molecule has 14 heavy (non-hydrogen) atoms. The van der Waals surface area contributed by atoms with Crippen LogP contribution in [0.3, 0.4) is 0 Å². The second kappa shape index (κ2) is 4.28. The van der Waals surface area contributed by atoms with Crippen molar-refractivity contribution in [1.82, 2.24) is 4.98 Å². The zero-order valence-corrected chi connectivity index (χ0v) is 10.4. The first-order chi connectivity index (χ1) is 6.43. The van der Waals surface area contributed by atoms with Gasteiger partial charge in [-0.05, 0) is 27.7 Å². The normalized spacial score (nSPS) is 13.4. The molecule has 0 fully saturated rings. The molecule has 1 atom stereocenters. The Labute approximate surface area is 89.9 Å². The van der Waals surface area contributed by atoms with Crippen LogP contribution in [-0.4, -0.2) is 18.1 Å². The summed E-state index contributed by atoms with van der Waals surface area (Å²) in [5.41, 5.74) is 6.92. The maximum Gasteiger partial charge on any atom is 0.185 e. The topological polar surface area (TPSA) is 42.2 Å². The third-order valence-electron chi connectivity index (χ3n) is 2.31. The highest BCUT2D eigenvalue weighted by atomic mass is 32.1. The zero-order valence-electron chi connectivity index (χ0n) is 9.53. The average molecular weight is 213 g/mol. The van der Waals surface area contributed by atoms with Crippen LogP contribution in [0.15, 0.2) is 0 Å². The Hall–Kier alpha value is -0.610. The molecule has 1 aromatic heterocycles. The summed E-state index contributed by atoms with van der Waals surface area (Å²) < 4.78 is 0. The Morgan fingerprint density at radius 3 is 2.29 bits per heavy atom. The first-order valence-corrected chi connectivity index (χ1v) is 5.71. The van der Waals surface area contributed by atoms with Crippen LogP contribution in [0.4, 0.5) is 5.13 Å². The van der Waals surface area contributed by atoms with Crippen LogP contribution in [-0.2, 0) is 0 Å². The Bertz CT molecular complexity index is 304. The third kappa shape index (κ3) is 2.25. The molecule has 0 amide bonds. The molecule has 0 radical (unpaired) electrons. The van der Waals surface area contributed by atoms with E-state index in [0.29, 0.717) is 6.04 Å². The van der Waals surface area contributed by atoms with Crippen molar-refractivity contribution in [2.75, 3.05) is 11.9 Å². The second-order valence-electron chi connectivity index (χ2n) is 3.94. The van der Waals surface area contributed by atoms with E-state index in [1.165, 1.54) is 4.88 Å². The molecule has 1 rings (SSSR count). The number of hydrogen-bond acceptors (Lipinski definition) is 4. The molecule has 0 aromatic carbocycles. The summed E-state index contributed by atoms with van der Waals surface area (Å²) in [7, 11) is 2.06. The van der Waals surface area contributed by atoms with Gasteiger partial charge in [0, 0.05) is 24.0 Å². The van der Waals surface area contributed by atoms with E-state index in [4.69, 9.17) is 5.73 Å². The molecule has 1 unspecified atom stereocenters. The lowest BCUT2D eigenvalue weighted by Gasteiger charge is -2.19. The molecule has 0 saturated carbocycles. The van der Waals surface area contributed by atoms with Gasteiger partial charge in [0.25, 0.3) is 0 Å². The number of aryl methyl sites for hydroxylation is 1. The summed E-state index contributed by atoms with van der Waals surface area (Å²) in [6, 6.07) is 0.559. The molecular weight excluding hydrogens is 194 g/mol. The van der Waals surface area contributed by atoms with Crippen molar-refractivity contribution in [3.8, 4) is 0 Å². The van der Waals surface area contributed by atoms with Crippen LogP contribution in [0.1, 0.15) is 37.4 Å². The van der Waals surface area contributed by atoms with Crippen LogP contribution >= 0.6 is 11.3 Å².